The number of hydrogen-bond donors (Lipinski definition) is 1. The van der Waals surface area contributed by atoms with E-state index in [0.29, 0.717) is 12.5 Å². The van der Waals surface area contributed by atoms with Crippen molar-refractivity contribution in [1.82, 2.24) is 14.9 Å². The SMILES string of the molecule is CC(C)Cc1ccc(C(C)c2nc3ccccc3n2CC(=O)NCc2ccccc2)cc1. The van der Waals surface area contributed by atoms with Gasteiger partial charge >= 0.3 is 0 Å². The van der Waals surface area contributed by atoms with Gasteiger partial charge in [-0.05, 0) is 41.2 Å². The molecule has 0 saturated heterocycles. The number of carbonyl (C=O) groups excluding carboxylic acids is 1. The topological polar surface area (TPSA) is 46.9 Å². The molecular weight excluding hydrogens is 394 g/mol. The molecule has 0 aliphatic carbocycles. The Labute approximate surface area is 190 Å². The fourth-order valence-electron chi connectivity index (χ4n) is 4.15. The van der Waals surface area contributed by atoms with Crippen LogP contribution in [0.3, 0.4) is 0 Å². The Bertz CT molecular complexity index is 1180. The highest BCUT2D eigenvalue weighted by Gasteiger charge is 2.20. The summed E-state index contributed by atoms with van der Waals surface area (Å²) in [5.41, 5.74) is 5.55. The van der Waals surface area contributed by atoms with Crippen molar-refractivity contribution >= 4 is 16.9 Å². The fraction of sp³-hybridized carbons (Fsp3) is 0.286. The Morgan fingerprint density at radius 3 is 2.28 bits per heavy atom. The number of nitrogens with one attached hydrogen (secondary N) is 1. The number of nitrogens with zero attached hydrogens (tertiary/aromatic N) is 2. The normalized spacial score (nSPS) is 12.2. The summed E-state index contributed by atoms with van der Waals surface area (Å²) < 4.78 is 2.06. The molecule has 4 nitrogen and oxygen atoms in total. The molecule has 0 spiro atoms. The van der Waals surface area contributed by atoms with E-state index in [4.69, 9.17) is 4.98 Å². The van der Waals surface area contributed by atoms with Crippen LogP contribution in [0, 0.1) is 5.92 Å². The minimum Gasteiger partial charge on any atom is -0.350 e. The highest BCUT2D eigenvalue weighted by Crippen LogP contribution is 2.28. The zero-order valence-electron chi connectivity index (χ0n) is 19.1. The van der Waals surface area contributed by atoms with Gasteiger partial charge in [-0.25, -0.2) is 4.98 Å². The molecule has 0 radical (unpaired) electrons. The van der Waals surface area contributed by atoms with Gasteiger partial charge in [0.25, 0.3) is 0 Å². The molecule has 0 aliphatic heterocycles. The molecule has 32 heavy (non-hydrogen) atoms. The Hall–Kier alpha value is -3.40. The van der Waals surface area contributed by atoms with Crippen LogP contribution in [0.5, 0.6) is 0 Å². The van der Waals surface area contributed by atoms with Crippen LogP contribution >= 0.6 is 0 Å². The monoisotopic (exact) mass is 425 g/mol. The van der Waals surface area contributed by atoms with E-state index in [1.807, 2.05) is 54.6 Å². The summed E-state index contributed by atoms with van der Waals surface area (Å²) in [5.74, 6) is 1.62. The molecule has 4 rings (SSSR count). The lowest BCUT2D eigenvalue weighted by molar-refractivity contribution is -0.121. The van der Waals surface area contributed by atoms with E-state index in [2.05, 4.69) is 54.9 Å². The Morgan fingerprint density at radius 2 is 1.56 bits per heavy atom. The van der Waals surface area contributed by atoms with Crippen molar-refractivity contribution in [3.05, 3.63) is 101 Å². The summed E-state index contributed by atoms with van der Waals surface area (Å²) in [4.78, 5) is 17.7. The molecule has 1 atom stereocenters. The van der Waals surface area contributed by atoms with Crippen LogP contribution in [0.2, 0.25) is 0 Å². The highest BCUT2D eigenvalue weighted by molar-refractivity contribution is 5.81. The maximum absolute atomic E-state index is 12.8. The summed E-state index contributed by atoms with van der Waals surface area (Å²) in [7, 11) is 0. The number of fused-ring (bicyclic) bond motifs is 1. The lowest BCUT2D eigenvalue weighted by atomic mass is 9.96. The molecule has 4 aromatic rings. The Morgan fingerprint density at radius 1 is 0.875 bits per heavy atom. The van der Waals surface area contributed by atoms with Crippen molar-refractivity contribution < 1.29 is 4.79 Å². The second-order valence-corrected chi connectivity index (χ2v) is 8.87. The minimum absolute atomic E-state index is 0.0160. The van der Waals surface area contributed by atoms with E-state index in [1.165, 1.54) is 11.1 Å². The highest BCUT2D eigenvalue weighted by atomic mass is 16.1. The van der Waals surface area contributed by atoms with E-state index >= 15 is 0 Å². The largest absolute Gasteiger partial charge is 0.350 e. The molecule has 1 N–H and O–H groups in total. The molecule has 1 heterocycles. The van der Waals surface area contributed by atoms with Crippen molar-refractivity contribution in [3.63, 3.8) is 0 Å². The van der Waals surface area contributed by atoms with Gasteiger partial charge in [-0.1, -0.05) is 87.5 Å². The first-order valence-electron chi connectivity index (χ1n) is 11.4. The standard InChI is InChI=1S/C28H31N3O/c1-20(2)17-22-13-15-24(16-14-22)21(3)28-30-25-11-7-8-12-26(25)31(28)19-27(32)29-18-23-9-5-4-6-10-23/h4-16,20-21H,17-19H2,1-3H3,(H,29,32). The quantitative estimate of drug-likeness (QED) is 0.393. The predicted octanol–water partition coefficient (Wildman–Crippen LogP) is 5.70. The molecule has 0 fully saturated rings. The second kappa shape index (κ2) is 9.82. The van der Waals surface area contributed by atoms with E-state index < -0.39 is 0 Å². The predicted molar refractivity (Wildman–Crippen MR) is 131 cm³/mol. The second-order valence-electron chi connectivity index (χ2n) is 8.87. The van der Waals surface area contributed by atoms with Crippen LogP contribution in [-0.4, -0.2) is 15.5 Å². The van der Waals surface area contributed by atoms with Gasteiger partial charge in [-0.3, -0.25) is 4.79 Å². The van der Waals surface area contributed by atoms with Gasteiger partial charge in [0, 0.05) is 12.5 Å². The van der Waals surface area contributed by atoms with Gasteiger partial charge in [0.1, 0.15) is 12.4 Å². The van der Waals surface area contributed by atoms with Crippen LogP contribution in [0.4, 0.5) is 0 Å². The summed E-state index contributed by atoms with van der Waals surface area (Å²) in [6.45, 7) is 7.41. The average Bonchev–Trinajstić information content (AvgIpc) is 3.16. The molecule has 164 valence electrons. The van der Waals surface area contributed by atoms with E-state index in [9.17, 15) is 4.79 Å². The average molecular weight is 426 g/mol. The van der Waals surface area contributed by atoms with Gasteiger partial charge < -0.3 is 9.88 Å². The molecule has 0 bridgehead atoms. The van der Waals surface area contributed by atoms with Crippen LogP contribution in [-0.2, 0) is 24.3 Å². The molecular formula is C28H31N3O. The molecule has 1 amide bonds. The smallest absolute Gasteiger partial charge is 0.240 e. The first kappa shape index (κ1) is 21.8. The number of amides is 1. The third kappa shape index (κ3) is 5.08. The zero-order valence-corrected chi connectivity index (χ0v) is 19.1. The zero-order chi connectivity index (χ0) is 22.5. The van der Waals surface area contributed by atoms with Gasteiger partial charge in [0.15, 0.2) is 0 Å². The summed E-state index contributed by atoms with van der Waals surface area (Å²) >= 11 is 0. The van der Waals surface area contributed by atoms with Crippen LogP contribution in [0.1, 0.15) is 49.2 Å². The number of benzene rings is 3. The lowest BCUT2D eigenvalue weighted by Crippen LogP contribution is -2.28. The summed E-state index contributed by atoms with van der Waals surface area (Å²) in [6.07, 6.45) is 1.08. The van der Waals surface area contributed by atoms with Crippen molar-refractivity contribution in [3.8, 4) is 0 Å². The lowest BCUT2D eigenvalue weighted by Gasteiger charge is -2.16. The third-order valence-electron chi connectivity index (χ3n) is 5.83. The molecule has 0 aliphatic rings. The van der Waals surface area contributed by atoms with Gasteiger partial charge in [0.2, 0.25) is 5.91 Å². The van der Waals surface area contributed by atoms with Crippen LogP contribution < -0.4 is 5.32 Å². The van der Waals surface area contributed by atoms with E-state index in [-0.39, 0.29) is 18.4 Å². The summed E-state index contributed by atoms with van der Waals surface area (Å²) in [5, 5.41) is 3.05. The summed E-state index contributed by atoms with van der Waals surface area (Å²) in [6, 6.07) is 26.8. The minimum atomic E-state index is -0.0160. The number of rotatable bonds is 8. The number of aromatic nitrogens is 2. The van der Waals surface area contributed by atoms with Gasteiger partial charge in [-0.15, -0.1) is 0 Å². The van der Waals surface area contributed by atoms with Crippen molar-refractivity contribution in [2.75, 3.05) is 0 Å². The molecule has 3 aromatic carbocycles. The molecule has 1 aromatic heterocycles. The number of hydrogen-bond acceptors (Lipinski definition) is 2. The van der Waals surface area contributed by atoms with Gasteiger partial charge in [0.05, 0.1) is 11.0 Å². The van der Waals surface area contributed by atoms with Gasteiger partial charge in [-0.2, -0.15) is 0 Å². The fourth-order valence-corrected chi connectivity index (χ4v) is 4.15. The van der Waals surface area contributed by atoms with Crippen molar-refractivity contribution in [1.29, 1.82) is 0 Å². The van der Waals surface area contributed by atoms with Crippen LogP contribution in [0.15, 0.2) is 78.9 Å². The maximum Gasteiger partial charge on any atom is 0.240 e. The van der Waals surface area contributed by atoms with E-state index in [0.717, 1.165) is 28.8 Å². The number of imidazole rings is 1. The Balaban J connectivity index is 1.57. The van der Waals surface area contributed by atoms with Crippen molar-refractivity contribution in [2.24, 2.45) is 5.92 Å². The van der Waals surface area contributed by atoms with E-state index in [1.54, 1.807) is 0 Å². The first-order chi connectivity index (χ1) is 15.5. The first-order valence-corrected chi connectivity index (χ1v) is 11.4. The molecule has 1 unspecified atom stereocenters. The molecule has 0 saturated carbocycles. The third-order valence-corrected chi connectivity index (χ3v) is 5.83. The Kier molecular flexibility index (Phi) is 6.69. The molecule has 4 heteroatoms. The number of carbonyl (C=O) groups is 1. The van der Waals surface area contributed by atoms with Crippen molar-refractivity contribution in [2.45, 2.75) is 46.2 Å². The van der Waals surface area contributed by atoms with Crippen LogP contribution in [0.25, 0.3) is 11.0 Å². The number of para-hydroxylation sites is 2. The maximum atomic E-state index is 12.8.